The number of amides is 2. The van der Waals surface area contributed by atoms with Crippen LogP contribution in [0, 0.1) is 12.3 Å². The molecule has 0 saturated carbocycles. The number of carbonyl (C=O) groups excluding carboxylic acids is 2. The van der Waals surface area contributed by atoms with Gasteiger partial charge in [0.05, 0.1) is 5.75 Å². The van der Waals surface area contributed by atoms with Gasteiger partial charge in [-0.05, 0) is 45.3 Å². The fraction of sp³-hybridized carbons (Fsp3) is 0.444. The summed E-state index contributed by atoms with van der Waals surface area (Å²) in [5, 5.41) is 11.0. The van der Waals surface area contributed by atoms with Gasteiger partial charge in [0.25, 0.3) is 0 Å². The predicted molar refractivity (Wildman–Crippen MR) is 147 cm³/mol. The molecule has 0 radical (unpaired) electrons. The molecule has 1 aromatic carbocycles. The Bertz CT molecular complexity index is 818. The molecular formula is C27H42N4O2S. The largest absolute Gasteiger partial charge is 0.355 e. The Morgan fingerprint density at radius 3 is 2.47 bits per heavy atom. The maximum absolute atomic E-state index is 12.1. The van der Waals surface area contributed by atoms with Crippen LogP contribution in [-0.4, -0.2) is 52.7 Å². The van der Waals surface area contributed by atoms with Gasteiger partial charge in [-0.2, -0.15) is 0 Å². The highest BCUT2D eigenvalue weighted by molar-refractivity contribution is 8.14. The Morgan fingerprint density at radius 2 is 1.94 bits per heavy atom. The van der Waals surface area contributed by atoms with Crippen molar-refractivity contribution in [1.29, 1.82) is 5.41 Å². The zero-order valence-electron chi connectivity index (χ0n) is 21.6. The van der Waals surface area contributed by atoms with E-state index < -0.39 is 0 Å². The lowest BCUT2D eigenvalue weighted by Gasteiger charge is -2.23. The van der Waals surface area contributed by atoms with Crippen LogP contribution in [0.25, 0.3) is 0 Å². The average Bonchev–Trinajstić information content (AvgIpc) is 3.29. The number of likely N-dealkylation sites (tertiary alicyclic amines) is 1. The Kier molecular flexibility index (Phi) is 17.1. The third-order valence-electron chi connectivity index (χ3n) is 5.13. The summed E-state index contributed by atoms with van der Waals surface area (Å²) in [5.41, 5.74) is 3.31. The molecule has 0 aromatic heterocycles. The van der Waals surface area contributed by atoms with Crippen molar-refractivity contribution in [3.8, 4) is 0 Å². The molecular weight excluding hydrogens is 444 g/mol. The van der Waals surface area contributed by atoms with Crippen LogP contribution in [0.1, 0.15) is 51.7 Å². The van der Waals surface area contributed by atoms with Crippen LogP contribution in [0.5, 0.6) is 0 Å². The molecule has 0 bridgehead atoms. The van der Waals surface area contributed by atoms with Gasteiger partial charge in [0.1, 0.15) is 0 Å². The van der Waals surface area contributed by atoms with Crippen molar-refractivity contribution >= 4 is 29.2 Å². The highest BCUT2D eigenvalue weighted by Crippen LogP contribution is 2.19. The van der Waals surface area contributed by atoms with Gasteiger partial charge < -0.3 is 15.1 Å². The first-order valence-corrected chi connectivity index (χ1v) is 12.7. The van der Waals surface area contributed by atoms with Gasteiger partial charge in [0.15, 0.2) is 5.17 Å². The van der Waals surface area contributed by atoms with Gasteiger partial charge in [0.2, 0.25) is 12.3 Å². The number of allylic oxidation sites excluding steroid dienone is 5. The van der Waals surface area contributed by atoms with Crippen LogP contribution in [0.15, 0.2) is 60.8 Å². The average molecular weight is 487 g/mol. The molecule has 0 spiro atoms. The number of rotatable bonds is 8. The van der Waals surface area contributed by atoms with E-state index in [0.717, 1.165) is 30.6 Å². The van der Waals surface area contributed by atoms with E-state index in [1.165, 1.54) is 17.3 Å². The number of nitrogens with one attached hydrogen (secondary N) is 2. The van der Waals surface area contributed by atoms with E-state index in [1.807, 2.05) is 82.1 Å². The van der Waals surface area contributed by atoms with Crippen LogP contribution in [0.4, 0.5) is 0 Å². The van der Waals surface area contributed by atoms with Crippen molar-refractivity contribution < 1.29 is 9.59 Å². The topological polar surface area (TPSA) is 76.5 Å². The van der Waals surface area contributed by atoms with Gasteiger partial charge in [-0.3, -0.25) is 15.0 Å². The van der Waals surface area contributed by atoms with Gasteiger partial charge in [-0.25, -0.2) is 0 Å². The second-order valence-corrected chi connectivity index (χ2v) is 8.61. The quantitative estimate of drug-likeness (QED) is 0.220. The number of thioether (sulfide) groups is 1. The maximum atomic E-state index is 12.1. The molecule has 2 amide bonds. The van der Waals surface area contributed by atoms with Gasteiger partial charge in [-0.1, -0.05) is 80.2 Å². The van der Waals surface area contributed by atoms with Gasteiger partial charge in [-0.15, -0.1) is 0 Å². The first kappa shape index (κ1) is 31.2. The van der Waals surface area contributed by atoms with Crippen molar-refractivity contribution in [1.82, 2.24) is 15.1 Å². The van der Waals surface area contributed by atoms with Crippen molar-refractivity contribution in [3.63, 3.8) is 0 Å². The lowest BCUT2D eigenvalue weighted by atomic mass is 10.1. The number of hydrogen-bond acceptors (Lipinski definition) is 4. The lowest BCUT2D eigenvalue weighted by molar-refractivity contribution is -0.128. The van der Waals surface area contributed by atoms with Crippen LogP contribution < -0.4 is 5.32 Å². The van der Waals surface area contributed by atoms with E-state index in [9.17, 15) is 9.59 Å². The third kappa shape index (κ3) is 12.4. The second-order valence-electron chi connectivity index (χ2n) is 7.64. The summed E-state index contributed by atoms with van der Waals surface area (Å²) in [6.07, 6.45) is 10.2. The molecule has 188 valence electrons. The van der Waals surface area contributed by atoms with Gasteiger partial charge >= 0.3 is 0 Å². The molecule has 1 atom stereocenters. The molecule has 0 unspecified atom stereocenters. The number of benzene rings is 1. The van der Waals surface area contributed by atoms with Crippen LogP contribution in [0.2, 0.25) is 0 Å². The Hall–Kier alpha value is -2.80. The molecule has 2 N–H and O–H groups in total. The van der Waals surface area contributed by atoms with Crippen molar-refractivity contribution in [2.24, 2.45) is 0 Å². The van der Waals surface area contributed by atoms with E-state index in [2.05, 4.69) is 18.8 Å². The van der Waals surface area contributed by atoms with Crippen molar-refractivity contribution in [3.05, 3.63) is 72.0 Å². The van der Waals surface area contributed by atoms with Crippen LogP contribution >= 0.6 is 11.8 Å². The fourth-order valence-electron chi connectivity index (χ4n) is 3.02. The van der Waals surface area contributed by atoms with Crippen molar-refractivity contribution in [2.45, 2.75) is 60.0 Å². The summed E-state index contributed by atoms with van der Waals surface area (Å²) in [6, 6.07) is 8.41. The third-order valence-corrected chi connectivity index (χ3v) is 6.07. The smallest absolute Gasteiger partial charge is 0.233 e. The monoisotopic (exact) mass is 486 g/mol. The summed E-state index contributed by atoms with van der Waals surface area (Å²) in [7, 11) is 1.84. The zero-order valence-corrected chi connectivity index (χ0v) is 22.5. The number of hydrogen-bond donors (Lipinski definition) is 2. The Morgan fingerprint density at radius 1 is 1.29 bits per heavy atom. The van der Waals surface area contributed by atoms with Crippen LogP contribution in [0.3, 0.4) is 0 Å². The van der Waals surface area contributed by atoms with E-state index in [0.29, 0.717) is 29.9 Å². The molecule has 34 heavy (non-hydrogen) atoms. The molecule has 1 aliphatic heterocycles. The molecule has 2 rings (SSSR count). The molecule has 7 heteroatoms. The minimum absolute atomic E-state index is 0.135. The molecule has 1 heterocycles. The number of nitrogens with zero attached hydrogens (tertiary/aromatic N) is 2. The summed E-state index contributed by atoms with van der Waals surface area (Å²) in [4.78, 5) is 25.8. The lowest BCUT2D eigenvalue weighted by Crippen LogP contribution is -2.35. The number of amidine groups is 1. The predicted octanol–water partition coefficient (Wildman–Crippen LogP) is 5.51. The molecule has 6 nitrogen and oxygen atoms in total. The Labute approximate surface area is 210 Å². The van der Waals surface area contributed by atoms with E-state index >= 15 is 0 Å². The molecule has 0 aliphatic carbocycles. The zero-order chi connectivity index (χ0) is 25.9. The van der Waals surface area contributed by atoms with E-state index in [1.54, 1.807) is 11.0 Å². The standard InChI is InChI=1S/C16H25N3OS.C9H11NO.C2H6/c1-5-6-7-9-13(2)18(4)16(17)21-12-15(20)19-11-8-10-14(19)3;1-8-2-4-9(5-3-8)6-10-7-11;1-2/h5-7,9,14,17H,1,8,10-12H2,2-4H3;2-5,7H,6H2,1H3,(H,10,11);1-2H3/b7-6-,13-9+,17-16?;;/t14-;;/m1../s1. The van der Waals surface area contributed by atoms with E-state index in [-0.39, 0.29) is 5.91 Å². The molecule has 1 aromatic rings. The minimum Gasteiger partial charge on any atom is -0.355 e. The van der Waals surface area contributed by atoms with Crippen LogP contribution in [-0.2, 0) is 16.1 Å². The highest BCUT2D eigenvalue weighted by Gasteiger charge is 2.25. The summed E-state index contributed by atoms with van der Waals surface area (Å²) >= 11 is 1.28. The maximum Gasteiger partial charge on any atom is 0.233 e. The highest BCUT2D eigenvalue weighted by atomic mass is 32.2. The molecule has 1 saturated heterocycles. The Balaban J connectivity index is 0.000000701. The summed E-state index contributed by atoms with van der Waals surface area (Å²) in [6.45, 7) is 15.1. The molecule has 1 aliphatic rings. The minimum atomic E-state index is 0.135. The normalized spacial score (nSPS) is 14.9. The van der Waals surface area contributed by atoms with Crippen molar-refractivity contribution in [2.75, 3.05) is 19.3 Å². The number of carbonyl (C=O) groups is 2. The summed E-state index contributed by atoms with van der Waals surface area (Å²) < 4.78 is 0. The second kappa shape index (κ2) is 18.6. The fourth-order valence-corrected chi connectivity index (χ4v) is 3.79. The van der Waals surface area contributed by atoms with Gasteiger partial charge in [0, 0.05) is 31.9 Å². The first-order valence-electron chi connectivity index (χ1n) is 11.7. The SMILES string of the molecule is C=C/C=C\C=C(/C)N(C)C(=N)SCC(=O)N1CCC[C@H]1C.CC.Cc1ccc(CNC=O)cc1. The van der Waals surface area contributed by atoms with E-state index in [4.69, 9.17) is 5.41 Å². The number of aryl methyl sites for hydroxylation is 1. The molecule has 1 fully saturated rings. The summed E-state index contributed by atoms with van der Waals surface area (Å²) in [5.74, 6) is 0.472. The first-order chi connectivity index (χ1) is 16.3.